The number of fused-ring (bicyclic) bond motifs is 3. The lowest BCUT2D eigenvalue weighted by molar-refractivity contribution is 0.352. The second-order valence-electron chi connectivity index (χ2n) is 7.74. The first-order chi connectivity index (χ1) is 16.2. The number of methoxy groups -OCH3 is 2. The molecule has 3 N–H and O–H groups in total. The molecule has 7 nitrogen and oxygen atoms in total. The van der Waals surface area contributed by atoms with Gasteiger partial charge in [-0.15, -0.1) is 0 Å². The summed E-state index contributed by atoms with van der Waals surface area (Å²) in [7, 11) is 3.29. The zero-order chi connectivity index (χ0) is 22.8. The zero-order valence-electron chi connectivity index (χ0n) is 18.4. The first kappa shape index (κ1) is 20.8. The van der Waals surface area contributed by atoms with Crippen LogP contribution < -0.4 is 14.8 Å². The summed E-state index contributed by atoms with van der Waals surface area (Å²) >= 11 is 0. The van der Waals surface area contributed by atoms with Crippen LogP contribution in [-0.2, 0) is 13.1 Å². The maximum Gasteiger partial charge on any atom is 0.165 e. The number of phenolic OH excluding ortho intramolecular Hbond substituents is 1. The average molecular weight is 441 g/mol. The van der Waals surface area contributed by atoms with Crippen LogP contribution in [0.5, 0.6) is 17.2 Å². The number of rotatable bonds is 7. The van der Waals surface area contributed by atoms with E-state index in [4.69, 9.17) is 14.5 Å². The van der Waals surface area contributed by atoms with Gasteiger partial charge in [-0.05, 0) is 35.9 Å². The number of benzene rings is 3. The van der Waals surface area contributed by atoms with Crippen molar-refractivity contribution in [3.63, 3.8) is 0 Å². The molecule has 0 amide bonds. The third-order valence-corrected chi connectivity index (χ3v) is 5.75. The van der Waals surface area contributed by atoms with Crippen molar-refractivity contribution >= 4 is 21.8 Å². The molecule has 0 bridgehead atoms. The maximum atomic E-state index is 9.76. The molecule has 0 saturated heterocycles. The average Bonchev–Trinajstić information content (AvgIpc) is 3.32. The smallest absolute Gasteiger partial charge is 0.165 e. The molecule has 5 rings (SSSR count). The van der Waals surface area contributed by atoms with Crippen molar-refractivity contribution in [1.29, 1.82) is 0 Å². The summed E-state index contributed by atoms with van der Waals surface area (Å²) in [6.07, 6.45) is 1.79. The maximum absolute atomic E-state index is 9.76. The van der Waals surface area contributed by atoms with Crippen LogP contribution >= 0.6 is 0 Å². The monoisotopic (exact) mass is 440 g/mol. The van der Waals surface area contributed by atoms with E-state index in [0.717, 1.165) is 33.0 Å². The van der Waals surface area contributed by atoms with E-state index in [0.29, 0.717) is 30.2 Å². The molecule has 0 saturated carbocycles. The number of phenols is 1. The number of hydrogen-bond donors (Lipinski definition) is 3. The Hall–Kier alpha value is -4.10. The van der Waals surface area contributed by atoms with Gasteiger partial charge in [0.25, 0.3) is 0 Å². The lowest BCUT2D eigenvalue weighted by Gasteiger charge is -2.19. The zero-order valence-corrected chi connectivity index (χ0v) is 18.4. The van der Waals surface area contributed by atoms with E-state index in [1.54, 1.807) is 32.5 Å². The second-order valence-corrected chi connectivity index (χ2v) is 7.74. The molecule has 0 aliphatic heterocycles. The van der Waals surface area contributed by atoms with E-state index < -0.39 is 0 Å². The summed E-state index contributed by atoms with van der Waals surface area (Å²) in [5.41, 5.74) is 4.50. The number of aromatic nitrogens is 3. The fourth-order valence-corrected chi connectivity index (χ4v) is 4.22. The Labute approximate surface area is 191 Å². The molecule has 166 valence electrons. The van der Waals surface area contributed by atoms with Crippen molar-refractivity contribution in [1.82, 2.24) is 20.5 Å². The van der Waals surface area contributed by atoms with Crippen LogP contribution in [0, 0.1) is 0 Å². The minimum atomic E-state index is 0.204. The molecule has 0 unspecified atom stereocenters. The van der Waals surface area contributed by atoms with E-state index in [-0.39, 0.29) is 5.75 Å². The van der Waals surface area contributed by atoms with Crippen LogP contribution in [-0.4, -0.2) is 34.5 Å². The van der Waals surface area contributed by atoms with Crippen LogP contribution in [0.15, 0.2) is 66.9 Å². The largest absolute Gasteiger partial charge is 0.508 e. The third-order valence-electron chi connectivity index (χ3n) is 5.75. The Morgan fingerprint density at radius 1 is 0.939 bits per heavy atom. The van der Waals surface area contributed by atoms with Crippen molar-refractivity contribution in [2.45, 2.75) is 13.1 Å². The van der Waals surface area contributed by atoms with E-state index in [9.17, 15) is 5.11 Å². The molecule has 0 spiro atoms. The predicted molar refractivity (Wildman–Crippen MR) is 129 cm³/mol. The summed E-state index contributed by atoms with van der Waals surface area (Å²) in [6, 6.07) is 19.2. The Morgan fingerprint density at radius 2 is 1.73 bits per heavy atom. The van der Waals surface area contributed by atoms with Gasteiger partial charge in [0, 0.05) is 40.4 Å². The number of aromatic amines is 1. The van der Waals surface area contributed by atoms with Gasteiger partial charge in [0.2, 0.25) is 0 Å². The molecule has 7 heteroatoms. The lowest BCUT2D eigenvalue weighted by atomic mass is 9.96. The standard InChI is InChI=1S/C26H24N4O3/c1-32-22-12-19-23(20(25(22)33-2)14-27-13-16-6-4-3-5-7-16)21-15-28-30-26(21)29-24(19)17-8-10-18(31)11-9-17/h3-12,15,27,31H,13-14H2,1-2H3,(H,28,29,30). The summed E-state index contributed by atoms with van der Waals surface area (Å²) in [6.45, 7) is 1.28. The number of nitrogens with one attached hydrogen (secondary N) is 2. The molecule has 33 heavy (non-hydrogen) atoms. The fourth-order valence-electron chi connectivity index (χ4n) is 4.22. The van der Waals surface area contributed by atoms with Crippen molar-refractivity contribution < 1.29 is 14.6 Å². The van der Waals surface area contributed by atoms with Gasteiger partial charge >= 0.3 is 0 Å². The first-order valence-corrected chi connectivity index (χ1v) is 10.6. The molecular weight excluding hydrogens is 416 g/mol. The highest BCUT2D eigenvalue weighted by Crippen LogP contribution is 2.43. The van der Waals surface area contributed by atoms with E-state index in [2.05, 4.69) is 27.6 Å². The third kappa shape index (κ3) is 3.83. The van der Waals surface area contributed by atoms with Crippen LogP contribution in [0.1, 0.15) is 11.1 Å². The number of ether oxygens (including phenoxy) is 2. The van der Waals surface area contributed by atoms with Crippen LogP contribution in [0.3, 0.4) is 0 Å². The highest BCUT2D eigenvalue weighted by Gasteiger charge is 2.21. The van der Waals surface area contributed by atoms with Gasteiger partial charge < -0.3 is 19.9 Å². The second kappa shape index (κ2) is 8.80. The van der Waals surface area contributed by atoms with Crippen molar-refractivity contribution in [3.8, 4) is 28.5 Å². The molecule has 0 fully saturated rings. The Morgan fingerprint density at radius 3 is 2.45 bits per heavy atom. The number of nitrogens with zero attached hydrogens (tertiary/aromatic N) is 2. The van der Waals surface area contributed by atoms with Crippen LogP contribution in [0.25, 0.3) is 33.1 Å². The quantitative estimate of drug-likeness (QED) is 0.337. The van der Waals surface area contributed by atoms with Crippen LogP contribution in [0.4, 0.5) is 0 Å². The Bertz CT molecular complexity index is 1410. The van der Waals surface area contributed by atoms with E-state index in [1.165, 1.54) is 5.56 Å². The first-order valence-electron chi connectivity index (χ1n) is 10.6. The molecule has 0 aliphatic carbocycles. The number of H-pyrrole nitrogens is 1. The molecule has 2 heterocycles. The fraction of sp³-hybridized carbons (Fsp3) is 0.154. The highest BCUT2D eigenvalue weighted by atomic mass is 16.5. The van der Waals surface area contributed by atoms with Crippen molar-refractivity contribution in [2.75, 3.05) is 14.2 Å². The van der Waals surface area contributed by atoms with Crippen LogP contribution in [0.2, 0.25) is 0 Å². The van der Waals surface area contributed by atoms with Gasteiger partial charge in [-0.1, -0.05) is 30.3 Å². The molecule has 5 aromatic rings. The minimum Gasteiger partial charge on any atom is -0.508 e. The number of pyridine rings is 1. The molecular formula is C26H24N4O3. The molecule has 0 aliphatic rings. The van der Waals surface area contributed by atoms with Gasteiger partial charge in [-0.25, -0.2) is 4.98 Å². The summed E-state index contributed by atoms with van der Waals surface area (Å²) in [5.74, 6) is 1.51. The Kier molecular flexibility index (Phi) is 5.54. The highest BCUT2D eigenvalue weighted by molar-refractivity contribution is 6.13. The molecule has 3 aromatic carbocycles. The predicted octanol–water partition coefficient (Wildman–Crippen LogP) is 4.79. The van der Waals surface area contributed by atoms with Crippen molar-refractivity contribution in [2.24, 2.45) is 0 Å². The summed E-state index contributed by atoms with van der Waals surface area (Å²) in [5, 5.41) is 23.4. The topological polar surface area (TPSA) is 92.3 Å². The van der Waals surface area contributed by atoms with Gasteiger partial charge in [0.05, 0.1) is 26.1 Å². The van der Waals surface area contributed by atoms with E-state index in [1.807, 2.05) is 36.4 Å². The Balaban J connectivity index is 1.72. The van der Waals surface area contributed by atoms with Gasteiger partial charge in [0.15, 0.2) is 17.1 Å². The number of aromatic hydroxyl groups is 1. The van der Waals surface area contributed by atoms with Gasteiger partial charge in [-0.2, -0.15) is 5.10 Å². The van der Waals surface area contributed by atoms with E-state index >= 15 is 0 Å². The van der Waals surface area contributed by atoms with Gasteiger partial charge in [0.1, 0.15) is 5.75 Å². The minimum absolute atomic E-state index is 0.204. The summed E-state index contributed by atoms with van der Waals surface area (Å²) < 4.78 is 11.5. The normalized spacial score (nSPS) is 11.2. The van der Waals surface area contributed by atoms with Gasteiger partial charge in [-0.3, -0.25) is 5.10 Å². The SMILES string of the molecule is COc1cc2c(-c3ccc(O)cc3)nc3[nH]ncc3c2c(CNCc2ccccc2)c1OC. The molecule has 2 aromatic heterocycles. The number of hydrogen-bond acceptors (Lipinski definition) is 6. The molecule has 0 atom stereocenters. The summed E-state index contributed by atoms with van der Waals surface area (Å²) in [4.78, 5) is 4.85. The van der Waals surface area contributed by atoms with Crippen molar-refractivity contribution in [3.05, 3.63) is 78.0 Å². The molecule has 0 radical (unpaired) electrons. The lowest BCUT2D eigenvalue weighted by Crippen LogP contribution is -2.14.